The van der Waals surface area contributed by atoms with Gasteiger partial charge in [-0.25, -0.2) is 9.97 Å². The summed E-state index contributed by atoms with van der Waals surface area (Å²) < 4.78 is 0. The molecule has 0 aliphatic carbocycles. The van der Waals surface area contributed by atoms with Gasteiger partial charge in [0.05, 0.1) is 17.1 Å². The van der Waals surface area contributed by atoms with E-state index in [9.17, 15) is 9.59 Å². The normalized spacial score (nSPS) is 9.68. The highest BCUT2D eigenvalue weighted by molar-refractivity contribution is 5.93. The van der Waals surface area contributed by atoms with Crippen molar-refractivity contribution in [3.8, 4) is 0 Å². The Kier molecular flexibility index (Phi) is 6.44. The molecule has 6 nitrogen and oxygen atoms in total. The molecule has 0 aliphatic rings. The lowest BCUT2D eigenvalue weighted by atomic mass is 10.2. The first-order valence-electron chi connectivity index (χ1n) is 6.98. The SMILES string of the molecule is CC(=O)c1ncc(C)nc1C.CCc1nccnc1C(C)=O. The first-order valence-corrected chi connectivity index (χ1v) is 6.98. The van der Waals surface area contributed by atoms with Gasteiger partial charge in [0.15, 0.2) is 11.6 Å². The van der Waals surface area contributed by atoms with Gasteiger partial charge in [0, 0.05) is 32.4 Å². The van der Waals surface area contributed by atoms with Crippen LogP contribution in [0.1, 0.15) is 58.8 Å². The lowest BCUT2D eigenvalue weighted by Crippen LogP contribution is -2.03. The Morgan fingerprint density at radius 3 is 2.00 bits per heavy atom. The lowest BCUT2D eigenvalue weighted by Gasteiger charge is -1.99. The van der Waals surface area contributed by atoms with Gasteiger partial charge in [-0.15, -0.1) is 0 Å². The second-order valence-electron chi connectivity index (χ2n) is 4.76. The number of carbonyl (C=O) groups is 2. The molecule has 0 saturated carbocycles. The van der Waals surface area contributed by atoms with Crippen molar-refractivity contribution in [1.82, 2.24) is 19.9 Å². The molecule has 2 aromatic heterocycles. The molecule has 0 spiro atoms. The maximum atomic E-state index is 10.9. The maximum absolute atomic E-state index is 10.9. The van der Waals surface area contributed by atoms with Gasteiger partial charge < -0.3 is 0 Å². The Balaban J connectivity index is 0.000000220. The number of carbonyl (C=O) groups excluding carboxylic acids is 2. The van der Waals surface area contributed by atoms with Crippen molar-refractivity contribution >= 4 is 11.6 Å². The third kappa shape index (κ3) is 4.80. The number of aromatic nitrogens is 4. The highest BCUT2D eigenvalue weighted by atomic mass is 16.1. The lowest BCUT2D eigenvalue weighted by molar-refractivity contribution is 0.0999. The monoisotopic (exact) mass is 300 g/mol. The second-order valence-corrected chi connectivity index (χ2v) is 4.76. The number of hydrogen-bond acceptors (Lipinski definition) is 6. The summed E-state index contributed by atoms with van der Waals surface area (Å²) >= 11 is 0. The van der Waals surface area contributed by atoms with E-state index in [1.54, 1.807) is 19.3 Å². The van der Waals surface area contributed by atoms with E-state index in [1.165, 1.54) is 20.0 Å². The van der Waals surface area contributed by atoms with Crippen LogP contribution < -0.4 is 0 Å². The minimum Gasteiger partial charge on any atom is -0.293 e. The zero-order valence-corrected chi connectivity index (χ0v) is 13.5. The van der Waals surface area contributed by atoms with E-state index in [0.29, 0.717) is 17.1 Å². The third-order valence-corrected chi connectivity index (χ3v) is 2.84. The van der Waals surface area contributed by atoms with Gasteiger partial charge in [-0.05, 0) is 20.3 Å². The third-order valence-electron chi connectivity index (χ3n) is 2.84. The van der Waals surface area contributed by atoms with Crippen molar-refractivity contribution in [3.05, 3.63) is 47.1 Å². The topological polar surface area (TPSA) is 85.7 Å². The van der Waals surface area contributed by atoms with E-state index in [2.05, 4.69) is 19.9 Å². The first kappa shape index (κ1) is 17.6. The average molecular weight is 300 g/mol. The molecule has 0 aliphatic heterocycles. The fourth-order valence-corrected chi connectivity index (χ4v) is 1.86. The largest absolute Gasteiger partial charge is 0.293 e. The van der Waals surface area contributed by atoms with Crippen LogP contribution in [0, 0.1) is 13.8 Å². The van der Waals surface area contributed by atoms with Crippen LogP contribution in [-0.2, 0) is 6.42 Å². The number of rotatable bonds is 3. The second kappa shape index (κ2) is 8.07. The molecule has 2 aromatic rings. The van der Waals surface area contributed by atoms with Crippen molar-refractivity contribution in [3.63, 3.8) is 0 Å². The summed E-state index contributed by atoms with van der Waals surface area (Å²) in [5, 5.41) is 0. The fourth-order valence-electron chi connectivity index (χ4n) is 1.86. The zero-order valence-electron chi connectivity index (χ0n) is 13.5. The smallest absolute Gasteiger partial charge is 0.179 e. The Bertz CT molecular complexity index is 684. The van der Waals surface area contributed by atoms with E-state index < -0.39 is 0 Å². The highest BCUT2D eigenvalue weighted by Crippen LogP contribution is 2.03. The van der Waals surface area contributed by atoms with E-state index >= 15 is 0 Å². The molecule has 0 amide bonds. The number of aryl methyl sites for hydroxylation is 3. The maximum Gasteiger partial charge on any atom is 0.179 e. The summed E-state index contributed by atoms with van der Waals surface area (Å²) in [6, 6.07) is 0. The molecule has 116 valence electrons. The summed E-state index contributed by atoms with van der Waals surface area (Å²) in [6.45, 7) is 8.59. The zero-order chi connectivity index (χ0) is 16.7. The van der Waals surface area contributed by atoms with Crippen LogP contribution in [0.3, 0.4) is 0 Å². The van der Waals surface area contributed by atoms with E-state index in [0.717, 1.165) is 17.8 Å². The Labute approximate surface area is 130 Å². The minimum absolute atomic E-state index is 0.0186. The van der Waals surface area contributed by atoms with Gasteiger partial charge in [0.25, 0.3) is 0 Å². The van der Waals surface area contributed by atoms with Crippen molar-refractivity contribution in [2.45, 2.75) is 41.0 Å². The van der Waals surface area contributed by atoms with Crippen LogP contribution in [0.5, 0.6) is 0 Å². The Hall–Kier alpha value is -2.50. The van der Waals surface area contributed by atoms with Crippen LogP contribution in [-0.4, -0.2) is 31.5 Å². The summed E-state index contributed by atoms with van der Waals surface area (Å²) in [4.78, 5) is 37.8. The van der Waals surface area contributed by atoms with Crippen molar-refractivity contribution in [1.29, 1.82) is 0 Å². The van der Waals surface area contributed by atoms with Crippen LogP contribution in [0.2, 0.25) is 0 Å². The van der Waals surface area contributed by atoms with Crippen LogP contribution >= 0.6 is 0 Å². The highest BCUT2D eigenvalue weighted by Gasteiger charge is 2.06. The number of Topliss-reactive ketones (excluding diaryl/α,β-unsaturated/α-hetero) is 2. The summed E-state index contributed by atoms with van der Waals surface area (Å²) in [7, 11) is 0. The molecule has 0 radical (unpaired) electrons. The van der Waals surface area contributed by atoms with Crippen molar-refractivity contribution in [2.75, 3.05) is 0 Å². The van der Waals surface area contributed by atoms with Gasteiger partial charge in [0.2, 0.25) is 0 Å². The summed E-state index contributed by atoms with van der Waals surface area (Å²) in [5.41, 5.74) is 3.29. The molecule has 0 bridgehead atoms. The summed E-state index contributed by atoms with van der Waals surface area (Å²) in [5.74, 6) is -0.0510. The van der Waals surface area contributed by atoms with Gasteiger partial charge in [-0.1, -0.05) is 6.92 Å². The molecule has 0 atom stereocenters. The minimum atomic E-state index is -0.0324. The standard InChI is InChI=1S/2C8H10N2O/c1-5-4-9-8(7(3)11)6(2)10-5;1-3-7-8(6(2)11)10-5-4-9-7/h4H,1-3H3;4-5H,3H2,1-2H3. The molecule has 6 heteroatoms. The average Bonchev–Trinajstić information content (AvgIpc) is 2.47. The van der Waals surface area contributed by atoms with Gasteiger partial charge >= 0.3 is 0 Å². The molecule has 2 heterocycles. The predicted octanol–water partition coefficient (Wildman–Crippen LogP) is 2.54. The van der Waals surface area contributed by atoms with Crippen molar-refractivity contribution in [2.24, 2.45) is 0 Å². The molecule has 0 unspecified atom stereocenters. The molecule has 0 aromatic carbocycles. The molecule has 0 saturated heterocycles. The Morgan fingerprint density at radius 1 is 0.955 bits per heavy atom. The van der Waals surface area contributed by atoms with Crippen LogP contribution in [0.25, 0.3) is 0 Å². The van der Waals surface area contributed by atoms with E-state index in [-0.39, 0.29) is 11.6 Å². The van der Waals surface area contributed by atoms with Crippen molar-refractivity contribution < 1.29 is 9.59 Å². The van der Waals surface area contributed by atoms with Gasteiger partial charge in [-0.3, -0.25) is 19.6 Å². The van der Waals surface area contributed by atoms with E-state index in [4.69, 9.17) is 0 Å². The quantitative estimate of drug-likeness (QED) is 0.810. The van der Waals surface area contributed by atoms with Gasteiger partial charge in [0.1, 0.15) is 11.4 Å². The first-order chi connectivity index (χ1) is 10.4. The molecule has 2 rings (SSSR count). The van der Waals surface area contributed by atoms with Gasteiger partial charge in [-0.2, -0.15) is 0 Å². The molecule has 0 fully saturated rings. The number of nitrogens with zero attached hydrogens (tertiary/aromatic N) is 4. The molecule has 22 heavy (non-hydrogen) atoms. The predicted molar refractivity (Wildman–Crippen MR) is 82.9 cm³/mol. The number of ketones is 2. The van der Waals surface area contributed by atoms with E-state index in [1.807, 2.05) is 13.8 Å². The van der Waals surface area contributed by atoms with Crippen LogP contribution in [0.4, 0.5) is 0 Å². The molecular formula is C16H20N4O2. The molecule has 0 N–H and O–H groups in total. The van der Waals surface area contributed by atoms with Crippen LogP contribution in [0.15, 0.2) is 18.6 Å². The summed E-state index contributed by atoms with van der Waals surface area (Å²) in [6.07, 6.45) is 5.49. The molecular weight excluding hydrogens is 280 g/mol. The number of hydrogen-bond donors (Lipinski definition) is 0. The Morgan fingerprint density at radius 2 is 1.55 bits per heavy atom. The fraction of sp³-hybridized carbons (Fsp3) is 0.375.